The number of aryl methyl sites for hydroxylation is 1. The molecule has 0 unspecified atom stereocenters. The van der Waals surface area contributed by atoms with E-state index in [0.717, 1.165) is 38.5 Å². The Hall–Kier alpha value is -0.943. The minimum atomic E-state index is -2.06. The predicted octanol–water partition coefficient (Wildman–Crippen LogP) is 7.04. The molecule has 0 radical (unpaired) electrons. The highest BCUT2D eigenvalue weighted by Crippen LogP contribution is 2.43. The van der Waals surface area contributed by atoms with E-state index in [2.05, 4.69) is 78.0 Å². The van der Waals surface area contributed by atoms with Gasteiger partial charge in [0.05, 0.1) is 18.3 Å². The van der Waals surface area contributed by atoms with Crippen molar-refractivity contribution in [2.45, 2.75) is 121 Å². The molecule has 0 saturated heterocycles. The molecule has 0 heterocycles. The van der Waals surface area contributed by atoms with E-state index in [9.17, 15) is 10.2 Å². The standard InChI is InChI=1S/C28H48O3Si/c1-21(2)32(22(3)4,23(5)6)31-26(18-17-24-13-9-7-10-14-24)19-20-27(29)28(30)25-15-11-8-12-16-25/h7,9-10,13-14,19-23,25-30H,8,11-12,15-18H2,1-6H3/b20-19-/t26-,27-,28+/m0/s1. The third-order valence-corrected chi connectivity index (χ3v) is 13.8. The van der Waals surface area contributed by atoms with Crippen LogP contribution in [0.5, 0.6) is 0 Å². The summed E-state index contributed by atoms with van der Waals surface area (Å²) in [5.41, 5.74) is 2.83. The zero-order valence-corrected chi connectivity index (χ0v) is 22.3. The highest BCUT2D eigenvalue weighted by molar-refractivity contribution is 6.77. The Kier molecular flexibility index (Phi) is 11.2. The second kappa shape index (κ2) is 13.1. The lowest BCUT2D eigenvalue weighted by Crippen LogP contribution is -2.50. The molecule has 0 bridgehead atoms. The summed E-state index contributed by atoms with van der Waals surface area (Å²) in [5.74, 6) is 0.211. The lowest BCUT2D eigenvalue weighted by Gasteiger charge is -2.44. The lowest BCUT2D eigenvalue weighted by molar-refractivity contribution is -0.00415. The van der Waals surface area contributed by atoms with Gasteiger partial charge >= 0.3 is 0 Å². The van der Waals surface area contributed by atoms with E-state index in [-0.39, 0.29) is 12.0 Å². The van der Waals surface area contributed by atoms with Gasteiger partial charge < -0.3 is 14.6 Å². The summed E-state index contributed by atoms with van der Waals surface area (Å²) in [6.45, 7) is 13.9. The van der Waals surface area contributed by atoms with E-state index in [1.54, 1.807) is 0 Å². The van der Waals surface area contributed by atoms with Crippen molar-refractivity contribution in [1.29, 1.82) is 0 Å². The van der Waals surface area contributed by atoms with Crippen LogP contribution in [-0.2, 0) is 10.8 Å². The van der Waals surface area contributed by atoms with Crippen molar-refractivity contribution in [1.82, 2.24) is 0 Å². The zero-order valence-electron chi connectivity index (χ0n) is 21.3. The molecule has 1 fully saturated rings. The maximum Gasteiger partial charge on any atom is 0.201 e. The number of rotatable bonds is 12. The minimum absolute atomic E-state index is 0.0534. The average molecular weight is 461 g/mol. The molecular weight excluding hydrogens is 412 g/mol. The first-order chi connectivity index (χ1) is 15.2. The van der Waals surface area contributed by atoms with Gasteiger partial charge in [-0.1, -0.05) is 103 Å². The molecule has 32 heavy (non-hydrogen) atoms. The second-order valence-corrected chi connectivity index (χ2v) is 16.2. The second-order valence-electron chi connectivity index (χ2n) is 10.8. The smallest absolute Gasteiger partial charge is 0.201 e. The monoisotopic (exact) mass is 460 g/mol. The first-order valence-electron chi connectivity index (χ1n) is 12.9. The third-order valence-electron chi connectivity index (χ3n) is 7.63. The highest BCUT2D eigenvalue weighted by Gasteiger charge is 2.46. The number of aliphatic hydroxyl groups is 2. The molecule has 0 aliphatic heterocycles. The lowest BCUT2D eigenvalue weighted by atomic mass is 9.83. The van der Waals surface area contributed by atoms with Crippen LogP contribution in [0.2, 0.25) is 16.6 Å². The predicted molar refractivity (Wildman–Crippen MR) is 138 cm³/mol. The Labute approximate surface area is 198 Å². The quantitative estimate of drug-likeness (QED) is 0.260. The van der Waals surface area contributed by atoms with Crippen molar-refractivity contribution in [2.24, 2.45) is 5.92 Å². The molecule has 1 aliphatic carbocycles. The van der Waals surface area contributed by atoms with Gasteiger partial charge in [-0.15, -0.1) is 0 Å². The van der Waals surface area contributed by atoms with Crippen LogP contribution >= 0.6 is 0 Å². The highest BCUT2D eigenvalue weighted by atomic mass is 28.4. The minimum Gasteiger partial charge on any atom is -0.410 e. The summed E-state index contributed by atoms with van der Waals surface area (Å²) in [4.78, 5) is 0. The fraction of sp³-hybridized carbons (Fsp3) is 0.714. The fourth-order valence-corrected chi connectivity index (χ4v) is 11.5. The van der Waals surface area contributed by atoms with Crippen LogP contribution in [-0.4, -0.2) is 36.8 Å². The van der Waals surface area contributed by atoms with Crippen molar-refractivity contribution in [3.8, 4) is 0 Å². The summed E-state index contributed by atoms with van der Waals surface area (Å²) in [6.07, 6.45) is 9.73. The van der Waals surface area contributed by atoms with E-state index in [1.807, 2.05) is 6.08 Å². The zero-order chi connectivity index (χ0) is 23.7. The molecule has 1 aromatic rings. The van der Waals surface area contributed by atoms with Crippen LogP contribution in [0.4, 0.5) is 0 Å². The van der Waals surface area contributed by atoms with Crippen molar-refractivity contribution >= 4 is 8.32 Å². The van der Waals surface area contributed by atoms with Crippen LogP contribution in [0.1, 0.15) is 85.6 Å². The molecule has 182 valence electrons. The first-order valence-corrected chi connectivity index (χ1v) is 15.1. The average Bonchev–Trinajstić information content (AvgIpc) is 2.78. The first kappa shape index (κ1) is 27.3. The maximum atomic E-state index is 10.7. The molecule has 0 amide bonds. The van der Waals surface area contributed by atoms with Crippen LogP contribution in [0.3, 0.4) is 0 Å². The Bertz CT molecular complexity index is 643. The number of aliphatic hydroxyl groups excluding tert-OH is 2. The van der Waals surface area contributed by atoms with Gasteiger partial charge in [-0.05, 0) is 53.8 Å². The molecule has 3 atom stereocenters. The number of hydrogen-bond donors (Lipinski definition) is 2. The summed E-state index contributed by atoms with van der Waals surface area (Å²) in [7, 11) is -2.06. The molecule has 1 aromatic carbocycles. The van der Waals surface area contributed by atoms with E-state index in [1.165, 1.54) is 12.0 Å². The van der Waals surface area contributed by atoms with Gasteiger partial charge in [0.15, 0.2) is 0 Å². The third kappa shape index (κ3) is 7.28. The van der Waals surface area contributed by atoms with Crippen LogP contribution in [0.25, 0.3) is 0 Å². The van der Waals surface area contributed by atoms with Gasteiger partial charge in [0.25, 0.3) is 0 Å². The molecule has 0 spiro atoms. The van der Waals surface area contributed by atoms with E-state index in [4.69, 9.17) is 4.43 Å². The Morgan fingerprint density at radius 3 is 1.97 bits per heavy atom. The van der Waals surface area contributed by atoms with Gasteiger partial charge in [-0.25, -0.2) is 0 Å². The van der Waals surface area contributed by atoms with Gasteiger partial charge in [0.1, 0.15) is 0 Å². The molecular formula is C28H48O3Si. The maximum absolute atomic E-state index is 10.7. The summed E-state index contributed by atoms with van der Waals surface area (Å²) < 4.78 is 7.08. The molecule has 3 nitrogen and oxygen atoms in total. The van der Waals surface area contributed by atoms with Gasteiger partial charge in [-0.3, -0.25) is 0 Å². The Morgan fingerprint density at radius 1 is 0.875 bits per heavy atom. The fourth-order valence-electron chi connectivity index (χ4n) is 5.92. The Balaban J connectivity index is 2.19. The topological polar surface area (TPSA) is 49.7 Å². The molecule has 2 rings (SSSR count). The van der Waals surface area contributed by atoms with Crippen molar-refractivity contribution < 1.29 is 14.6 Å². The molecule has 4 heteroatoms. The SMILES string of the molecule is CC(C)[Si](O[C@H](/C=C\[C@H](O)[C@H](O)C1CCCCC1)CCc1ccccc1)(C(C)C)C(C)C. The number of hydrogen-bond acceptors (Lipinski definition) is 3. The largest absolute Gasteiger partial charge is 0.410 e. The van der Waals surface area contributed by atoms with Crippen molar-refractivity contribution in [3.05, 3.63) is 48.0 Å². The van der Waals surface area contributed by atoms with E-state index in [0.29, 0.717) is 16.6 Å². The normalized spacial score (nSPS) is 19.2. The van der Waals surface area contributed by atoms with E-state index < -0.39 is 20.5 Å². The summed E-state index contributed by atoms with van der Waals surface area (Å²) in [6, 6.07) is 10.6. The van der Waals surface area contributed by atoms with Crippen LogP contribution in [0.15, 0.2) is 42.5 Å². The van der Waals surface area contributed by atoms with E-state index >= 15 is 0 Å². The van der Waals surface area contributed by atoms with Gasteiger partial charge in [0.2, 0.25) is 8.32 Å². The molecule has 0 aromatic heterocycles. The summed E-state index contributed by atoms with van der Waals surface area (Å²) >= 11 is 0. The summed E-state index contributed by atoms with van der Waals surface area (Å²) in [5, 5.41) is 21.5. The van der Waals surface area contributed by atoms with Crippen molar-refractivity contribution in [2.75, 3.05) is 0 Å². The van der Waals surface area contributed by atoms with Gasteiger partial charge in [-0.2, -0.15) is 0 Å². The van der Waals surface area contributed by atoms with Crippen LogP contribution in [0, 0.1) is 5.92 Å². The van der Waals surface area contributed by atoms with Crippen molar-refractivity contribution in [3.63, 3.8) is 0 Å². The molecule has 1 saturated carbocycles. The molecule has 1 aliphatic rings. The number of benzene rings is 1. The van der Waals surface area contributed by atoms with Crippen LogP contribution < -0.4 is 0 Å². The van der Waals surface area contributed by atoms with Gasteiger partial charge in [0, 0.05) is 0 Å². The molecule has 2 N–H and O–H groups in total. The Morgan fingerprint density at radius 2 is 1.44 bits per heavy atom.